The van der Waals surface area contributed by atoms with Crippen molar-refractivity contribution < 1.29 is 4.79 Å². The van der Waals surface area contributed by atoms with Crippen LogP contribution in [0.25, 0.3) is 21.8 Å². The molecule has 21 heavy (non-hydrogen) atoms. The molecule has 3 aromatic rings. The zero-order valence-corrected chi connectivity index (χ0v) is 12.9. The molecule has 0 aliphatic heterocycles. The highest BCUT2D eigenvalue weighted by Crippen LogP contribution is 2.26. The van der Waals surface area contributed by atoms with Crippen LogP contribution in [-0.2, 0) is 11.3 Å². The number of nitrogens with one attached hydrogen (secondary N) is 1. The van der Waals surface area contributed by atoms with Crippen LogP contribution in [0, 0.1) is 6.92 Å². The van der Waals surface area contributed by atoms with E-state index in [1.807, 2.05) is 18.2 Å². The van der Waals surface area contributed by atoms with E-state index in [2.05, 4.69) is 26.1 Å². The molecule has 3 N–H and O–H groups in total. The fraction of sp³-hybridized carbons (Fsp3) is 0.214. The normalized spacial score (nSPS) is 11.3. The molecule has 0 aliphatic rings. The molecule has 0 bridgehead atoms. The number of fused-ring (bicyclic) bond motifs is 3. The van der Waals surface area contributed by atoms with Crippen LogP contribution in [0.4, 0.5) is 0 Å². The van der Waals surface area contributed by atoms with Crippen molar-refractivity contribution in [2.24, 2.45) is 5.73 Å². The number of aryl methyl sites for hydroxylation is 2. The Balaban J connectivity index is 2.42. The first-order valence-electron chi connectivity index (χ1n) is 6.44. The van der Waals surface area contributed by atoms with Crippen molar-refractivity contribution in [3.8, 4) is 0 Å². The summed E-state index contributed by atoms with van der Waals surface area (Å²) in [6.07, 6.45) is 0.119. The maximum atomic E-state index is 12.7. The number of H-pyrrole nitrogens is 1. The molecule has 0 saturated carbocycles. The van der Waals surface area contributed by atoms with Gasteiger partial charge in [-0.1, -0.05) is 15.9 Å². The van der Waals surface area contributed by atoms with E-state index in [1.165, 1.54) is 0 Å². The van der Waals surface area contributed by atoms with Gasteiger partial charge in [0.2, 0.25) is 5.91 Å². The van der Waals surface area contributed by atoms with Gasteiger partial charge in [-0.25, -0.2) is 0 Å². The average Bonchev–Trinajstić information content (AvgIpc) is 2.81. The lowest BCUT2D eigenvalue weighted by atomic mass is 10.1. The van der Waals surface area contributed by atoms with Crippen molar-refractivity contribution in [1.29, 1.82) is 0 Å². The predicted octanol–water partition coefficient (Wildman–Crippen LogP) is 1.82. The summed E-state index contributed by atoms with van der Waals surface area (Å²) in [5.74, 6) is -0.434. The number of amides is 1. The van der Waals surface area contributed by atoms with Crippen LogP contribution in [0.2, 0.25) is 0 Å². The van der Waals surface area contributed by atoms with Crippen molar-refractivity contribution in [3.63, 3.8) is 0 Å². The van der Waals surface area contributed by atoms with Gasteiger partial charge in [-0.05, 0) is 25.1 Å². The molecule has 7 heteroatoms. The lowest BCUT2D eigenvalue weighted by Gasteiger charge is -2.10. The first kappa shape index (κ1) is 13.8. The molecule has 0 unspecified atom stereocenters. The van der Waals surface area contributed by atoms with Crippen LogP contribution in [0.15, 0.2) is 27.5 Å². The first-order chi connectivity index (χ1) is 9.99. The summed E-state index contributed by atoms with van der Waals surface area (Å²) in [4.78, 5) is 23.7. The lowest BCUT2D eigenvalue weighted by Crippen LogP contribution is -2.24. The van der Waals surface area contributed by atoms with Gasteiger partial charge in [-0.15, -0.1) is 0 Å². The molecule has 6 nitrogen and oxygen atoms in total. The monoisotopic (exact) mass is 348 g/mol. The molecule has 0 fully saturated rings. The van der Waals surface area contributed by atoms with Crippen molar-refractivity contribution in [3.05, 3.63) is 38.7 Å². The topological polar surface area (TPSA) is 93.8 Å². The summed E-state index contributed by atoms with van der Waals surface area (Å²) in [7, 11) is 0. The first-order valence-corrected chi connectivity index (χ1v) is 7.23. The molecule has 0 spiro atoms. The van der Waals surface area contributed by atoms with Crippen LogP contribution < -0.4 is 11.3 Å². The molecule has 2 heterocycles. The van der Waals surface area contributed by atoms with E-state index in [0.29, 0.717) is 16.6 Å². The standard InChI is InChI=1S/C14H13BrN4O2/c1-7-12-13(18-17-7)9-6-8(15)2-3-10(9)19(14(12)21)5-4-11(16)20/h2-3,6H,4-5H2,1H3,(H2,16,20)(H,17,18). The number of benzene rings is 1. The molecule has 0 aliphatic carbocycles. The van der Waals surface area contributed by atoms with E-state index < -0.39 is 5.91 Å². The largest absolute Gasteiger partial charge is 0.370 e. The highest BCUT2D eigenvalue weighted by Gasteiger charge is 2.15. The Morgan fingerprint density at radius 3 is 2.95 bits per heavy atom. The van der Waals surface area contributed by atoms with Gasteiger partial charge >= 0.3 is 0 Å². The Labute approximate surface area is 128 Å². The third-order valence-corrected chi connectivity index (χ3v) is 3.99. The number of halogens is 1. The molecule has 1 aromatic carbocycles. The van der Waals surface area contributed by atoms with E-state index in [0.717, 1.165) is 15.4 Å². The third-order valence-electron chi connectivity index (χ3n) is 3.49. The Hall–Kier alpha value is -2.15. The molecule has 3 rings (SSSR count). The van der Waals surface area contributed by atoms with E-state index in [1.54, 1.807) is 11.5 Å². The number of carbonyl (C=O) groups is 1. The van der Waals surface area contributed by atoms with Gasteiger partial charge in [-0.2, -0.15) is 5.10 Å². The maximum Gasteiger partial charge on any atom is 0.262 e. The fourth-order valence-corrected chi connectivity index (χ4v) is 2.87. The number of hydrogen-bond acceptors (Lipinski definition) is 3. The summed E-state index contributed by atoms with van der Waals surface area (Å²) in [6, 6.07) is 5.61. The minimum atomic E-state index is -0.434. The number of nitrogens with two attached hydrogens (primary N) is 1. The van der Waals surface area contributed by atoms with Crippen LogP contribution >= 0.6 is 15.9 Å². The van der Waals surface area contributed by atoms with Crippen LogP contribution in [0.5, 0.6) is 0 Å². The Bertz CT molecular complexity index is 926. The zero-order chi connectivity index (χ0) is 15.1. The molecule has 1 amide bonds. The average molecular weight is 349 g/mol. The summed E-state index contributed by atoms with van der Waals surface area (Å²) in [5, 5.41) is 8.49. The Kier molecular flexibility index (Phi) is 3.29. The number of hydrogen-bond donors (Lipinski definition) is 2. The summed E-state index contributed by atoms with van der Waals surface area (Å²) < 4.78 is 2.48. The van der Waals surface area contributed by atoms with Crippen molar-refractivity contribution in [1.82, 2.24) is 14.8 Å². The van der Waals surface area contributed by atoms with Gasteiger partial charge in [-0.3, -0.25) is 14.7 Å². The van der Waals surface area contributed by atoms with Crippen molar-refractivity contribution >= 4 is 43.6 Å². The smallest absolute Gasteiger partial charge is 0.262 e. The molecule has 0 saturated heterocycles. The van der Waals surface area contributed by atoms with Crippen LogP contribution in [0.3, 0.4) is 0 Å². The number of aromatic amines is 1. The van der Waals surface area contributed by atoms with Gasteiger partial charge in [0.05, 0.1) is 10.9 Å². The van der Waals surface area contributed by atoms with E-state index in [9.17, 15) is 9.59 Å². The number of pyridine rings is 1. The van der Waals surface area contributed by atoms with Crippen LogP contribution in [-0.4, -0.2) is 20.7 Å². The zero-order valence-electron chi connectivity index (χ0n) is 11.3. The van der Waals surface area contributed by atoms with Crippen LogP contribution in [0.1, 0.15) is 12.1 Å². The minimum absolute atomic E-state index is 0.119. The summed E-state index contributed by atoms with van der Waals surface area (Å²) in [6.45, 7) is 2.06. The SMILES string of the molecule is Cc1[nH]nc2c1c(=O)n(CCC(N)=O)c1ccc(Br)cc21. The Morgan fingerprint density at radius 1 is 1.48 bits per heavy atom. The van der Waals surface area contributed by atoms with Gasteiger partial charge in [0.15, 0.2) is 0 Å². The number of nitrogens with zero attached hydrogens (tertiary/aromatic N) is 2. The number of aromatic nitrogens is 3. The summed E-state index contributed by atoms with van der Waals surface area (Å²) >= 11 is 3.43. The highest BCUT2D eigenvalue weighted by molar-refractivity contribution is 9.10. The molecule has 0 atom stereocenters. The number of rotatable bonds is 3. The van der Waals surface area contributed by atoms with E-state index in [4.69, 9.17) is 5.73 Å². The fourth-order valence-electron chi connectivity index (χ4n) is 2.51. The third kappa shape index (κ3) is 2.23. The summed E-state index contributed by atoms with van der Waals surface area (Å²) in [5.41, 5.74) is 7.14. The second-order valence-electron chi connectivity index (χ2n) is 4.91. The molecule has 0 radical (unpaired) electrons. The minimum Gasteiger partial charge on any atom is -0.370 e. The molecular weight excluding hydrogens is 336 g/mol. The number of carbonyl (C=O) groups excluding carboxylic acids is 1. The Morgan fingerprint density at radius 2 is 2.24 bits per heavy atom. The number of primary amides is 1. The molecule has 108 valence electrons. The lowest BCUT2D eigenvalue weighted by molar-refractivity contribution is -0.118. The van der Waals surface area contributed by atoms with Crippen molar-refractivity contribution in [2.45, 2.75) is 19.9 Å². The second-order valence-corrected chi connectivity index (χ2v) is 5.82. The maximum absolute atomic E-state index is 12.7. The van der Waals surface area contributed by atoms with Gasteiger partial charge in [0.1, 0.15) is 5.52 Å². The van der Waals surface area contributed by atoms with E-state index >= 15 is 0 Å². The molecule has 2 aromatic heterocycles. The van der Waals surface area contributed by atoms with Crippen molar-refractivity contribution in [2.75, 3.05) is 0 Å². The quantitative estimate of drug-likeness (QED) is 0.755. The predicted molar refractivity (Wildman–Crippen MR) is 84.1 cm³/mol. The molecular formula is C14H13BrN4O2. The van der Waals surface area contributed by atoms with Gasteiger partial charge < -0.3 is 10.3 Å². The highest BCUT2D eigenvalue weighted by atomic mass is 79.9. The van der Waals surface area contributed by atoms with Gasteiger partial charge in [0, 0.05) is 28.5 Å². The van der Waals surface area contributed by atoms with E-state index in [-0.39, 0.29) is 18.5 Å². The second kappa shape index (κ2) is 5.00. The van der Waals surface area contributed by atoms with Gasteiger partial charge in [0.25, 0.3) is 5.56 Å².